The number of amides is 2. The molecule has 2 rings (SSSR count). The van der Waals surface area contributed by atoms with Gasteiger partial charge >= 0.3 is 6.03 Å². The number of benzene rings is 1. The Bertz CT molecular complexity index is 572. The predicted molar refractivity (Wildman–Crippen MR) is 92.0 cm³/mol. The van der Waals surface area contributed by atoms with E-state index in [1.807, 2.05) is 11.8 Å². The average molecular weight is 313 g/mol. The molecule has 4 heteroatoms. The fourth-order valence-corrected chi connectivity index (χ4v) is 2.84. The van der Waals surface area contributed by atoms with Crippen LogP contribution in [0.4, 0.5) is 4.79 Å². The molecule has 0 bridgehead atoms. The molecule has 1 N–H and O–H groups in total. The number of piperidine rings is 1. The zero-order chi connectivity index (χ0) is 17.0. The van der Waals surface area contributed by atoms with Crippen LogP contribution < -0.4 is 5.32 Å². The van der Waals surface area contributed by atoms with Crippen molar-refractivity contribution in [1.82, 2.24) is 10.2 Å². The van der Waals surface area contributed by atoms with E-state index in [-0.39, 0.29) is 23.4 Å². The highest BCUT2D eigenvalue weighted by Gasteiger charge is 2.23. The van der Waals surface area contributed by atoms with Gasteiger partial charge in [-0.05, 0) is 36.3 Å². The lowest BCUT2D eigenvalue weighted by atomic mass is 9.86. The third-order valence-electron chi connectivity index (χ3n) is 4.58. The standard InChI is InChI=1S/C19H27N3O/c1-14(16-5-7-17(8-6-16)19(2,3)4)21-18(23)22-11-9-15(13-20)10-12-22/h5-8,14-15H,9-12H2,1-4H3,(H,21,23)/t14-/m1/s1. The van der Waals surface area contributed by atoms with Gasteiger partial charge in [0.05, 0.1) is 12.1 Å². The second kappa shape index (κ2) is 7.04. The van der Waals surface area contributed by atoms with Crippen molar-refractivity contribution < 1.29 is 4.79 Å². The van der Waals surface area contributed by atoms with E-state index in [0.717, 1.165) is 18.4 Å². The van der Waals surface area contributed by atoms with Gasteiger partial charge in [0, 0.05) is 19.0 Å². The molecule has 2 amide bonds. The predicted octanol–water partition coefficient (Wildman–Crippen LogP) is 3.99. The fourth-order valence-electron chi connectivity index (χ4n) is 2.84. The first-order valence-corrected chi connectivity index (χ1v) is 8.37. The minimum Gasteiger partial charge on any atom is -0.331 e. The minimum atomic E-state index is -0.0335. The van der Waals surface area contributed by atoms with E-state index < -0.39 is 0 Å². The van der Waals surface area contributed by atoms with E-state index in [2.05, 4.69) is 56.4 Å². The molecule has 1 saturated heterocycles. The van der Waals surface area contributed by atoms with Gasteiger partial charge in [0.25, 0.3) is 0 Å². The Morgan fingerprint density at radius 2 is 1.83 bits per heavy atom. The Morgan fingerprint density at radius 1 is 1.26 bits per heavy atom. The first-order valence-electron chi connectivity index (χ1n) is 8.37. The lowest BCUT2D eigenvalue weighted by Gasteiger charge is -2.30. The molecule has 1 aliphatic heterocycles. The number of hydrogen-bond donors (Lipinski definition) is 1. The number of nitrogens with one attached hydrogen (secondary N) is 1. The summed E-state index contributed by atoms with van der Waals surface area (Å²) in [6, 6.07) is 10.7. The second-order valence-corrected chi connectivity index (χ2v) is 7.43. The van der Waals surface area contributed by atoms with Crippen molar-refractivity contribution >= 4 is 6.03 Å². The van der Waals surface area contributed by atoms with Crippen molar-refractivity contribution in [1.29, 1.82) is 5.26 Å². The molecule has 4 nitrogen and oxygen atoms in total. The lowest BCUT2D eigenvalue weighted by molar-refractivity contribution is 0.176. The molecule has 1 fully saturated rings. The molecular formula is C19H27N3O. The summed E-state index contributed by atoms with van der Waals surface area (Å²) in [6.45, 7) is 9.92. The van der Waals surface area contributed by atoms with Crippen molar-refractivity contribution in [2.24, 2.45) is 5.92 Å². The molecule has 0 radical (unpaired) electrons. The third-order valence-corrected chi connectivity index (χ3v) is 4.58. The molecule has 0 spiro atoms. The number of rotatable bonds is 2. The summed E-state index contributed by atoms with van der Waals surface area (Å²) in [5, 5.41) is 12.0. The Labute approximate surface area is 139 Å². The molecule has 0 aromatic heterocycles. The zero-order valence-electron chi connectivity index (χ0n) is 14.6. The second-order valence-electron chi connectivity index (χ2n) is 7.43. The van der Waals surface area contributed by atoms with E-state index in [1.165, 1.54) is 5.56 Å². The first kappa shape index (κ1) is 17.3. The van der Waals surface area contributed by atoms with Crippen LogP contribution in [0.2, 0.25) is 0 Å². The van der Waals surface area contributed by atoms with Gasteiger partial charge in [-0.2, -0.15) is 5.26 Å². The summed E-state index contributed by atoms with van der Waals surface area (Å²) in [5.74, 6) is 0.0985. The highest BCUT2D eigenvalue weighted by Crippen LogP contribution is 2.24. The largest absolute Gasteiger partial charge is 0.331 e. The minimum absolute atomic E-state index is 0.0230. The lowest BCUT2D eigenvalue weighted by Crippen LogP contribution is -2.45. The van der Waals surface area contributed by atoms with Crippen LogP contribution in [0.3, 0.4) is 0 Å². The van der Waals surface area contributed by atoms with Crippen molar-refractivity contribution in [3.8, 4) is 6.07 Å². The van der Waals surface area contributed by atoms with Gasteiger partial charge in [-0.25, -0.2) is 4.79 Å². The van der Waals surface area contributed by atoms with Crippen LogP contribution in [0.25, 0.3) is 0 Å². The maximum atomic E-state index is 12.3. The number of carbonyl (C=O) groups excluding carboxylic acids is 1. The Morgan fingerprint density at radius 3 is 2.30 bits per heavy atom. The van der Waals surface area contributed by atoms with Gasteiger partial charge in [-0.1, -0.05) is 45.0 Å². The van der Waals surface area contributed by atoms with Gasteiger partial charge in [0.15, 0.2) is 0 Å². The SMILES string of the molecule is C[C@@H](NC(=O)N1CCC(C#N)CC1)c1ccc(C(C)(C)C)cc1. The van der Waals surface area contributed by atoms with Gasteiger partial charge in [-0.15, -0.1) is 0 Å². The average Bonchev–Trinajstić information content (AvgIpc) is 2.54. The fraction of sp³-hybridized carbons (Fsp3) is 0.579. The smallest absolute Gasteiger partial charge is 0.317 e. The first-order chi connectivity index (χ1) is 10.8. The van der Waals surface area contributed by atoms with Gasteiger partial charge < -0.3 is 10.2 Å². The van der Waals surface area contributed by atoms with Crippen LogP contribution >= 0.6 is 0 Å². The molecule has 0 saturated carbocycles. The number of hydrogen-bond acceptors (Lipinski definition) is 2. The topological polar surface area (TPSA) is 56.1 Å². The molecule has 0 aliphatic carbocycles. The molecule has 1 aromatic carbocycles. The Kier molecular flexibility index (Phi) is 5.30. The van der Waals surface area contributed by atoms with Crippen LogP contribution in [-0.4, -0.2) is 24.0 Å². The maximum Gasteiger partial charge on any atom is 0.317 e. The summed E-state index contributed by atoms with van der Waals surface area (Å²) >= 11 is 0. The molecule has 23 heavy (non-hydrogen) atoms. The third kappa shape index (κ3) is 4.48. The van der Waals surface area contributed by atoms with Crippen LogP contribution in [0.1, 0.15) is 57.7 Å². The zero-order valence-corrected chi connectivity index (χ0v) is 14.6. The van der Waals surface area contributed by atoms with Crippen LogP contribution in [0.15, 0.2) is 24.3 Å². The number of nitrogens with zero attached hydrogens (tertiary/aromatic N) is 2. The summed E-state index contributed by atoms with van der Waals surface area (Å²) in [7, 11) is 0. The Hall–Kier alpha value is -2.02. The molecule has 0 unspecified atom stereocenters. The van der Waals surface area contributed by atoms with Gasteiger partial charge in [-0.3, -0.25) is 0 Å². The monoisotopic (exact) mass is 313 g/mol. The van der Waals surface area contributed by atoms with E-state index in [4.69, 9.17) is 5.26 Å². The normalized spacial score (nSPS) is 17.4. The quantitative estimate of drug-likeness (QED) is 0.897. The molecule has 1 atom stereocenters. The van der Waals surface area contributed by atoms with Gasteiger partial charge in [0.1, 0.15) is 0 Å². The van der Waals surface area contributed by atoms with Crippen LogP contribution in [0, 0.1) is 17.2 Å². The number of carbonyl (C=O) groups is 1. The maximum absolute atomic E-state index is 12.3. The summed E-state index contributed by atoms with van der Waals surface area (Å²) in [4.78, 5) is 14.1. The van der Waals surface area contributed by atoms with Crippen LogP contribution in [0.5, 0.6) is 0 Å². The molecule has 1 aliphatic rings. The molecule has 1 heterocycles. The van der Waals surface area contributed by atoms with E-state index in [0.29, 0.717) is 13.1 Å². The van der Waals surface area contributed by atoms with E-state index >= 15 is 0 Å². The van der Waals surface area contributed by atoms with Crippen molar-refractivity contribution in [2.75, 3.05) is 13.1 Å². The summed E-state index contributed by atoms with van der Waals surface area (Å²) < 4.78 is 0. The van der Waals surface area contributed by atoms with Crippen molar-refractivity contribution in [3.63, 3.8) is 0 Å². The number of nitriles is 1. The van der Waals surface area contributed by atoms with Crippen molar-refractivity contribution in [2.45, 2.75) is 52.0 Å². The van der Waals surface area contributed by atoms with Gasteiger partial charge in [0.2, 0.25) is 0 Å². The summed E-state index contributed by atoms with van der Waals surface area (Å²) in [5.41, 5.74) is 2.53. The number of likely N-dealkylation sites (tertiary alicyclic amines) is 1. The summed E-state index contributed by atoms with van der Waals surface area (Å²) in [6.07, 6.45) is 1.55. The number of urea groups is 1. The van der Waals surface area contributed by atoms with E-state index in [9.17, 15) is 4.79 Å². The van der Waals surface area contributed by atoms with Crippen molar-refractivity contribution in [3.05, 3.63) is 35.4 Å². The highest BCUT2D eigenvalue weighted by atomic mass is 16.2. The highest BCUT2D eigenvalue weighted by molar-refractivity contribution is 5.74. The molecule has 1 aromatic rings. The molecule has 124 valence electrons. The Balaban J connectivity index is 1.92. The molecular weight excluding hydrogens is 286 g/mol. The van der Waals surface area contributed by atoms with Crippen LogP contribution in [-0.2, 0) is 5.41 Å². The van der Waals surface area contributed by atoms with E-state index in [1.54, 1.807) is 0 Å².